The molecule has 2 aromatic heterocycles. The molecule has 3 rings (SSSR count). The number of aromatic amines is 1. The van der Waals surface area contributed by atoms with Crippen molar-refractivity contribution in [1.29, 1.82) is 0 Å². The number of nitrogens with zero attached hydrogens (tertiary/aromatic N) is 3. The molecular formula is C10H13N5O2S. The molecule has 1 aliphatic rings. The summed E-state index contributed by atoms with van der Waals surface area (Å²) in [5.41, 5.74) is 1.38. The van der Waals surface area contributed by atoms with Gasteiger partial charge in [0.05, 0.1) is 17.7 Å². The van der Waals surface area contributed by atoms with Crippen LogP contribution in [0.15, 0.2) is 12.5 Å². The highest BCUT2D eigenvalue weighted by Crippen LogP contribution is 2.10. The monoisotopic (exact) mass is 267 g/mol. The van der Waals surface area contributed by atoms with E-state index >= 15 is 0 Å². The number of fused-ring (bicyclic) bond motifs is 1. The zero-order valence-corrected chi connectivity index (χ0v) is 10.4. The van der Waals surface area contributed by atoms with Crippen molar-refractivity contribution in [1.82, 2.24) is 25.3 Å². The Bertz CT molecular complexity index is 633. The van der Waals surface area contributed by atoms with Crippen LogP contribution in [0.3, 0.4) is 0 Å². The van der Waals surface area contributed by atoms with E-state index in [1.165, 1.54) is 6.33 Å². The average molecular weight is 267 g/mol. The Kier molecular flexibility index (Phi) is 2.75. The third kappa shape index (κ3) is 2.34. The van der Waals surface area contributed by atoms with E-state index in [1.54, 1.807) is 6.20 Å². The second-order valence-electron chi connectivity index (χ2n) is 4.41. The number of H-pyrrole nitrogens is 1. The molecule has 8 heteroatoms. The van der Waals surface area contributed by atoms with Crippen LogP contribution in [0.4, 0.5) is 0 Å². The number of imidazole rings is 1. The molecule has 7 nitrogen and oxygen atoms in total. The van der Waals surface area contributed by atoms with E-state index in [2.05, 4.69) is 25.3 Å². The van der Waals surface area contributed by atoms with Gasteiger partial charge in [0.15, 0.2) is 15.5 Å². The first-order chi connectivity index (χ1) is 8.62. The maximum Gasteiger partial charge on any atom is 0.180 e. The van der Waals surface area contributed by atoms with Crippen molar-refractivity contribution in [3.63, 3.8) is 0 Å². The van der Waals surface area contributed by atoms with E-state index in [1.807, 2.05) is 0 Å². The van der Waals surface area contributed by atoms with E-state index in [0.29, 0.717) is 18.6 Å². The Labute approximate surface area is 104 Å². The molecule has 1 atom stereocenters. The second kappa shape index (κ2) is 4.29. The first kappa shape index (κ1) is 11.5. The summed E-state index contributed by atoms with van der Waals surface area (Å²) < 4.78 is 23.1. The van der Waals surface area contributed by atoms with Gasteiger partial charge in [-0.2, -0.15) is 0 Å². The van der Waals surface area contributed by atoms with Gasteiger partial charge < -0.3 is 10.3 Å². The highest BCUT2D eigenvalue weighted by atomic mass is 32.2. The average Bonchev–Trinajstić information content (AvgIpc) is 2.69. The van der Waals surface area contributed by atoms with Crippen LogP contribution in [0.2, 0.25) is 0 Å². The maximum absolute atomic E-state index is 11.5. The number of rotatable bonds is 2. The van der Waals surface area contributed by atoms with Crippen LogP contribution in [-0.2, 0) is 16.3 Å². The van der Waals surface area contributed by atoms with Crippen LogP contribution in [0, 0.1) is 0 Å². The molecule has 0 aromatic carbocycles. The molecular weight excluding hydrogens is 254 g/mol. The van der Waals surface area contributed by atoms with Gasteiger partial charge in [0.2, 0.25) is 0 Å². The number of aromatic nitrogens is 4. The van der Waals surface area contributed by atoms with Gasteiger partial charge in [-0.15, -0.1) is 0 Å². The lowest BCUT2D eigenvalue weighted by atomic mass is 10.2. The smallest absolute Gasteiger partial charge is 0.180 e. The topological polar surface area (TPSA) is 101 Å². The summed E-state index contributed by atoms with van der Waals surface area (Å²) in [5.74, 6) is 1.12. The van der Waals surface area contributed by atoms with Crippen LogP contribution >= 0.6 is 0 Å². The Morgan fingerprint density at radius 1 is 1.44 bits per heavy atom. The van der Waals surface area contributed by atoms with Crippen LogP contribution in [0.1, 0.15) is 5.82 Å². The zero-order valence-electron chi connectivity index (χ0n) is 9.63. The molecule has 0 aliphatic carbocycles. The van der Waals surface area contributed by atoms with Gasteiger partial charge in [0.1, 0.15) is 17.7 Å². The predicted molar refractivity (Wildman–Crippen MR) is 65.8 cm³/mol. The molecule has 0 radical (unpaired) electrons. The summed E-state index contributed by atoms with van der Waals surface area (Å²) >= 11 is 0. The summed E-state index contributed by atoms with van der Waals surface area (Å²) in [6, 6.07) is -0.0859. The minimum absolute atomic E-state index is 0.0859. The number of hydrogen-bond acceptors (Lipinski definition) is 6. The lowest BCUT2D eigenvalue weighted by molar-refractivity contribution is 0.510. The van der Waals surface area contributed by atoms with Crippen molar-refractivity contribution in [3.05, 3.63) is 18.3 Å². The molecule has 1 unspecified atom stereocenters. The first-order valence-electron chi connectivity index (χ1n) is 5.71. The summed E-state index contributed by atoms with van der Waals surface area (Å²) in [7, 11) is -2.91. The molecule has 0 amide bonds. The van der Waals surface area contributed by atoms with Gasteiger partial charge in [-0.3, -0.25) is 0 Å². The third-order valence-electron chi connectivity index (χ3n) is 2.95. The summed E-state index contributed by atoms with van der Waals surface area (Å²) in [5, 5.41) is 3.19. The highest BCUT2D eigenvalue weighted by Gasteiger charge is 2.25. The number of sulfone groups is 1. The quantitative estimate of drug-likeness (QED) is 0.745. The Balaban J connectivity index is 1.80. The fraction of sp³-hybridized carbons (Fsp3) is 0.500. The van der Waals surface area contributed by atoms with Gasteiger partial charge in [-0.1, -0.05) is 0 Å². The largest absolute Gasteiger partial charge is 0.339 e. The van der Waals surface area contributed by atoms with Crippen LogP contribution in [-0.4, -0.2) is 52.4 Å². The fourth-order valence-electron chi connectivity index (χ4n) is 2.14. The maximum atomic E-state index is 11.5. The van der Waals surface area contributed by atoms with Gasteiger partial charge in [0.25, 0.3) is 0 Å². The van der Waals surface area contributed by atoms with Gasteiger partial charge >= 0.3 is 0 Å². The SMILES string of the molecule is O=S1(=O)CCNC(Cc2nc3ncncc3[nH]2)C1. The molecule has 0 bridgehead atoms. The lowest BCUT2D eigenvalue weighted by Crippen LogP contribution is -2.46. The first-order valence-corrected chi connectivity index (χ1v) is 7.53. The minimum atomic E-state index is -2.91. The molecule has 18 heavy (non-hydrogen) atoms. The fourth-order valence-corrected chi connectivity index (χ4v) is 3.58. The predicted octanol–water partition coefficient (Wildman–Crippen LogP) is -0.718. The second-order valence-corrected chi connectivity index (χ2v) is 6.64. The summed E-state index contributed by atoms with van der Waals surface area (Å²) in [4.78, 5) is 15.3. The lowest BCUT2D eigenvalue weighted by Gasteiger charge is -2.22. The van der Waals surface area contributed by atoms with E-state index in [-0.39, 0.29) is 17.5 Å². The van der Waals surface area contributed by atoms with E-state index in [9.17, 15) is 8.42 Å². The molecule has 2 aromatic rings. The summed E-state index contributed by atoms with van der Waals surface area (Å²) in [6.07, 6.45) is 3.65. The van der Waals surface area contributed by atoms with Crippen molar-refractivity contribution in [2.24, 2.45) is 0 Å². The normalized spacial score (nSPS) is 23.2. The molecule has 1 aliphatic heterocycles. The molecule has 96 valence electrons. The van der Waals surface area contributed by atoms with Crippen LogP contribution in [0.25, 0.3) is 11.2 Å². The molecule has 3 heterocycles. The molecule has 0 spiro atoms. The van der Waals surface area contributed by atoms with Gasteiger partial charge in [-0.25, -0.2) is 23.4 Å². The third-order valence-corrected chi connectivity index (χ3v) is 4.69. The Morgan fingerprint density at radius 2 is 2.33 bits per heavy atom. The summed E-state index contributed by atoms with van der Waals surface area (Å²) in [6.45, 7) is 0.507. The Morgan fingerprint density at radius 3 is 3.11 bits per heavy atom. The van der Waals surface area contributed by atoms with Crippen LogP contribution in [0.5, 0.6) is 0 Å². The zero-order chi connectivity index (χ0) is 12.6. The molecule has 0 saturated carbocycles. The molecule has 1 fully saturated rings. The Hall–Kier alpha value is -1.54. The van der Waals surface area contributed by atoms with Crippen molar-refractivity contribution in [2.45, 2.75) is 12.5 Å². The standard InChI is InChI=1S/C10H13N5O2S/c16-18(17)2-1-12-7(5-18)3-9-14-8-4-11-6-13-10(8)15-9/h4,6-7,12H,1-3,5H2,(H,11,13,14,15). The van der Waals surface area contributed by atoms with Crippen molar-refractivity contribution < 1.29 is 8.42 Å². The molecule has 1 saturated heterocycles. The minimum Gasteiger partial charge on any atom is -0.339 e. The van der Waals surface area contributed by atoms with Crippen LogP contribution < -0.4 is 5.32 Å². The van der Waals surface area contributed by atoms with E-state index in [4.69, 9.17) is 0 Å². The number of hydrogen-bond donors (Lipinski definition) is 2. The van der Waals surface area contributed by atoms with E-state index < -0.39 is 9.84 Å². The van der Waals surface area contributed by atoms with Crippen molar-refractivity contribution >= 4 is 21.0 Å². The van der Waals surface area contributed by atoms with E-state index in [0.717, 1.165) is 11.3 Å². The number of nitrogens with one attached hydrogen (secondary N) is 2. The van der Waals surface area contributed by atoms with Crippen molar-refractivity contribution in [2.75, 3.05) is 18.1 Å². The highest BCUT2D eigenvalue weighted by molar-refractivity contribution is 7.91. The van der Waals surface area contributed by atoms with Crippen molar-refractivity contribution in [3.8, 4) is 0 Å². The molecule has 2 N–H and O–H groups in total. The van der Waals surface area contributed by atoms with Gasteiger partial charge in [-0.05, 0) is 0 Å². The van der Waals surface area contributed by atoms with Gasteiger partial charge in [0, 0.05) is 19.0 Å².